The van der Waals surface area contributed by atoms with E-state index in [-0.39, 0.29) is 0 Å². The first kappa shape index (κ1) is 17.4. The van der Waals surface area contributed by atoms with Gasteiger partial charge in [0.15, 0.2) is 0 Å². The van der Waals surface area contributed by atoms with Crippen LogP contribution in [0.2, 0.25) is 0 Å². The van der Waals surface area contributed by atoms with E-state index in [0.29, 0.717) is 0 Å². The Morgan fingerprint density at radius 3 is 1.04 bits per heavy atom. The quantitative estimate of drug-likeness (QED) is 0.391. The fourth-order valence-corrected chi connectivity index (χ4v) is 18.9. The van der Waals surface area contributed by atoms with Gasteiger partial charge in [0, 0.05) is 0 Å². The van der Waals surface area contributed by atoms with Gasteiger partial charge in [0.25, 0.3) is 0 Å². The van der Waals surface area contributed by atoms with Crippen molar-refractivity contribution in [3.8, 4) is 0 Å². The molecule has 0 amide bonds. The van der Waals surface area contributed by atoms with E-state index in [4.69, 9.17) is 0 Å². The summed E-state index contributed by atoms with van der Waals surface area (Å²) in [5.41, 5.74) is 0. The van der Waals surface area contributed by atoms with Gasteiger partial charge in [-0.2, -0.15) is 0 Å². The Balaban J connectivity index is 2.00. The van der Waals surface area contributed by atoms with Gasteiger partial charge in [0.05, 0.1) is 0 Å². The second kappa shape index (κ2) is 8.14. The van der Waals surface area contributed by atoms with Crippen molar-refractivity contribution >= 4 is 36.6 Å². The van der Waals surface area contributed by atoms with Gasteiger partial charge in [-0.15, -0.1) is 0 Å². The fourth-order valence-electron chi connectivity index (χ4n) is 3.01. The van der Waals surface area contributed by atoms with Crippen LogP contribution in [0.4, 0.5) is 0 Å². The molecule has 4 aromatic carbocycles. The second-order valence-electron chi connectivity index (χ2n) is 5.89. The van der Waals surface area contributed by atoms with E-state index >= 15 is 0 Å². The van der Waals surface area contributed by atoms with Crippen LogP contribution < -0.4 is 10.8 Å². The topological polar surface area (TPSA) is 0 Å². The van der Waals surface area contributed by atoms with Crippen LogP contribution in [0.3, 0.4) is 0 Å². The van der Waals surface area contributed by atoms with Crippen LogP contribution in [-0.2, 0) is 0 Å². The summed E-state index contributed by atoms with van der Waals surface area (Å²) in [5.74, 6) is 0. The van der Waals surface area contributed by atoms with Gasteiger partial charge < -0.3 is 0 Å². The molecule has 26 heavy (non-hydrogen) atoms. The molecule has 0 radical (unpaired) electrons. The van der Waals surface area contributed by atoms with E-state index in [1.54, 1.807) is 0 Å². The van der Waals surface area contributed by atoms with Gasteiger partial charge in [-0.25, -0.2) is 0 Å². The molecule has 0 atom stereocenters. The molecular weight excluding hydrogens is 448 g/mol. The standard InChI is InChI=1S/C24H20STe/c1-5-13-21(14-6-1)25-26(22-15-7-2-8-16-22,23-17-9-3-10-18-23)24-19-11-4-12-20-24/h1-20H. The molecule has 4 rings (SSSR count). The van der Waals surface area contributed by atoms with Gasteiger partial charge in [-0.1, -0.05) is 0 Å². The van der Waals surface area contributed by atoms with Crippen molar-refractivity contribution in [3.63, 3.8) is 0 Å². The van der Waals surface area contributed by atoms with Gasteiger partial charge in [0.1, 0.15) is 0 Å². The Kier molecular flexibility index (Phi) is 5.46. The Morgan fingerprint density at radius 1 is 0.385 bits per heavy atom. The Labute approximate surface area is 162 Å². The van der Waals surface area contributed by atoms with Gasteiger partial charge in [0.2, 0.25) is 0 Å². The summed E-state index contributed by atoms with van der Waals surface area (Å²) < 4.78 is 4.42. The second-order valence-corrected chi connectivity index (χ2v) is 18.5. The Hall–Kier alpha value is -1.98. The van der Waals surface area contributed by atoms with E-state index in [0.717, 1.165) is 0 Å². The molecule has 0 heterocycles. The van der Waals surface area contributed by atoms with Crippen molar-refractivity contribution in [1.82, 2.24) is 0 Å². The average molecular weight is 468 g/mol. The van der Waals surface area contributed by atoms with Crippen molar-refractivity contribution in [2.75, 3.05) is 0 Å². The summed E-state index contributed by atoms with van der Waals surface area (Å²) >= 11 is -2.96. The summed E-state index contributed by atoms with van der Waals surface area (Å²) in [5, 5.41) is 0. The monoisotopic (exact) mass is 470 g/mol. The van der Waals surface area contributed by atoms with Gasteiger partial charge in [-0.05, 0) is 0 Å². The average Bonchev–Trinajstić information content (AvgIpc) is 2.75. The zero-order chi connectivity index (χ0) is 17.7. The molecule has 0 nitrogen and oxygen atoms in total. The van der Waals surface area contributed by atoms with Crippen LogP contribution >= 0.6 is 8.99 Å². The maximum absolute atomic E-state index is 2.96. The predicted molar refractivity (Wildman–Crippen MR) is 116 cm³/mol. The molecule has 0 fully saturated rings. The molecule has 2 heteroatoms. The number of rotatable bonds is 5. The first-order valence-electron chi connectivity index (χ1n) is 8.63. The molecule has 0 spiro atoms. The molecule has 0 unspecified atom stereocenters. The van der Waals surface area contributed by atoms with Crippen LogP contribution in [0.25, 0.3) is 0 Å². The number of hydrogen-bond donors (Lipinski definition) is 0. The molecule has 0 bridgehead atoms. The van der Waals surface area contributed by atoms with E-state index < -0.39 is 16.8 Å². The maximum atomic E-state index is 2.32. The molecule has 0 aromatic heterocycles. The first-order valence-corrected chi connectivity index (χ1v) is 15.7. The predicted octanol–water partition coefficient (Wildman–Crippen LogP) is 4.45. The van der Waals surface area contributed by atoms with Gasteiger partial charge >= 0.3 is 163 Å². The summed E-state index contributed by atoms with van der Waals surface area (Å²) in [6.07, 6.45) is 0. The van der Waals surface area contributed by atoms with Crippen molar-refractivity contribution in [2.24, 2.45) is 0 Å². The molecule has 0 aliphatic rings. The third-order valence-corrected chi connectivity index (χ3v) is 20.6. The molecule has 0 aliphatic carbocycles. The summed E-state index contributed by atoms with van der Waals surface area (Å²) in [7, 11) is 2.09. The Bertz CT molecular complexity index is 842. The summed E-state index contributed by atoms with van der Waals surface area (Å²) in [6.45, 7) is 0. The third kappa shape index (κ3) is 3.46. The van der Waals surface area contributed by atoms with Crippen molar-refractivity contribution < 1.29 is 0 Å². The van der Waals surface area contributed by atoms with Crippen LogP contribution in [0.5, 0.6) is 0 Å². The molecule has 128 valence electrons. The molecule has 0 aliphatic heterocycles. The minimum atomic E-state index is -2.96. The van der Waals surface area contributed by atoms with Crippen molar-refractivity contribution in [2.45, 2.75) is 4.90 Å². The zero-order valence-corrected chi connectivity index (χ0v) is 17.5. The summed E-state index contributed by atoms with van der Waals surface area (Å²) in [4.78, 5) is 1.34. The summed E-state index contributed by atoms with van der Waals surface area (Å²) in [6, 6.07) is 44.1. The molecule has 0 saturated heterocycles. The van der Waals surface area contributed by atoms with Crippen molar-refractivity contribution in [3.05, 3.63) is 121 Å². The first-order chi connectivity index (χ1) is 12.9. The van der Waals surface area contributed by atoms with Gasteiger partial charge in [-0.3, -0.25) is 0 Å². The third-order valence-electron chi connectivity index (χ3n) is 4.19. The number of hydrogen-bond acceptors (Lipinski definition) is 1. The Morgan fingerprint density at radius 2 is 0.692 bits per heavy atom. The minimum absolute atomic E-state index is 1.34. The molecule has 0 N–H and O–H groups in total. The van der Waals surface area contributed by atoms with Crippen LogP contribution in [0, 0.1) is 0 Å². The molecule has 4 aromatic rings. The van der Waals surface area contributed by atoms with E-state index in [9.17, 15) is 0 Å². The SMILES string of the molecule is c1ccc(S[Te](c2ccccc2)(c2ccccc2)c2ccccc2)cc1. The van der Waals surface area contributed by atoms with E-state index in [1.165, 1.54) is 15.7 Å². The zero-order valence-electron chi connectivity index (χ0n) is 14.4. The fraction of sp³-hybridized carbons (Fsp3) is 0. The number of benzene rings is 4. The molecular formula is C24H20STe. The van der Waals surface area contributed by atoms with E-state index in [2.05, 4.69) is 130 Å². The van der Waals surface area contributed by atoms with Crippen molar-refractivity contribution in [1.29, 1.82) is 0 Å². The van der Waals surface area contributed by atoms with E-state index in [1.807, 2.05) is 0 Å². The normalized spacial score (nSPS) is 11.8. The van der Waals surface area contributed by atoms with Crippen LogP contribution in [0.15, 0.2) is 126 Å². The van der Waals surface area contributed by atoms with Crippen LogP contribution in [-0.4, -0.2) is 16.8 Å². The molecule has 0 saturated carbocycles. The van der Waals surface area contributed by atoms with Crippen LogP contribution in [0.1, 0.15) is 0 Å².